The van der Waals surface area contributed by atoms with Crippen LogP contribution >= 0.6 is 11.6 Å². The number of amides is 2. The number of fused-ring (bicyclic) bond motifs is 1. The van der Waals surface area contributed by atoms with Crippen molar-refractivity contribution in [2.24, 2.45) is 5.92 Å². The minimum atomic E-state index is -0.0443. The summed E-state index contributed by atoms with van der Waals surface area (Å²) in [5.74, 6) is 0.806. The average molecular weight is 279 g/mol. The quantitative estimate of drug-likeness (QED) is 0.828. The van der Waals surface area contributed by atoms with Crippen molar-refractivity contribution < 1.29 is 4.79 Å². The second-order valence-corrected chi connectivity index (χ2v) is 6.23. The van der Waals surface area contributed by atoms with Crippen molar-refractivity contribution in [1.29, 1.82) is 0 Å². The van der Waals surface area contributed by atoms with E-state index in [4.69, 9.17) is 11.6 Å². The third kappa shape index (κ3) is 2.57. The molecule has 2 aliphatic rings. The molecule has 0 bridgehead atoms. The summed E-state index contributed by atoms with van der Waals surface area (Å²) in [7, 11) is 1.80. The number of alkyl halides is 1. The number of nitrogens with zero attached hydrogens (tertiary/aromatic N) is 1. The normalized spacial score (nSPS) is 20.5. The van der Waals surface area contributed by atoms with E-state index in [1.807, 2.05) is 12.1 Å². The molecule has 1 aromatic carbocycles. The van der Waals surface area contributed by atoms with Crippen LogP contribution in [0.2, 0.25) is 0 Å². The van der Waals surface area contributed by atoms with E-state index in [1.54, 1.807) is 11.9 Å². The number of rotatable bonds is 3. The van der Waals surface area contributed by atoms with Crippen molar-refractivity contribution in [2.75, 3.05) is 12.4 Å². The first-order valence-corrected chi connectivity index (χ1v) is 7.36. The SMILES string of the molecule is CN1Cc2cc(C(Cl)CC3CCC3)ccc2NC1=O. The van der Waals surface area contributed by atoms with Gasteiger partial charge in [0.25, 0.3) is 0 Å². The molecule has 1 aromatic rings. The highest BCUT2D eigenvalue weighted by Gasteiger charge is 2.24. The monoisotopic (exact) mass is 278 g/mol. The Morgan fingerprint density at radius 2 is 2.26 bits per heavy atom. The van der Waals surface area contributed by atoms with Crippen molar-refractivity contribution in [3.05, 3.63) is 29.3 Å². The highest BCUT2D eigenvalue weighted by Crippen LogP contribution is 2.38. The van der Waals surface area contributed by atoms with Crippen molar-refractivity contribution >= 4 is 23.3 Å². The first-order chi connectivity index (χ1) is 9.13. The predicted molar refractivity (Wildman–Crippen MR) is 77.5 cm³/mol. The molecule has 1 aliphatic heterocycles. The van der Waals surface area contributed by atoms with E-state index in [-0.39, 0.29) is 11.4 Å². The molecule has 1 N–H and O–H groups in total. The first kappa shape index (κ1) is 12.8. The molecule has 3 nitrogen and oxygen atoms in total. The molecular weight excluding hydrogens is 260 g/mol. The van der Waals surface area contributed by atoms with Gasteiger partial charge in [-0.3, -0.25) is 0 Å². The fraction of sp³-hybridized carbons (Fsp3) is 0.533. The Balaban J connectivity index is 1.76. The molecule has 3 rings (SSSR count). The largest absolute Gasteiger partial charge is 0.323 e. The molecule has 2 amide bonds. The van der Waals surface area contributed by atoms with Gasteiger partial charge in [0.05, 0.1) is 5.38 Å². The van der Waals surface area contributed by atoms with Crippen molar-refractivity contribution in [3.8, 4) is 0 Å². The molecule has 0 radical (unpaired) electrons. The standard InChI is InChI=1S/C15H19ClN2O/c1-18-9-12-8-11(5-6-14(12)17-15(18)19)13(16)7-10-3-2-4-10/h5-6,8,10,13H,2-4,7,9H2,1H3,(H,17,19). The third-order valence-corrected chi connectivity index (χ3v) is 4.68. The first-order valence-electron chi connectivity index (χ1n) is 6.92. The number of urea groups is 1. The Bertz CT molecular complexity index is 499. The maximum atomic E-state index is 11.6. The van der Waals surface area contributed by atoms with Crippen molar-refractivity contribution in [1.82, 2.24) is 4.90 Å². The zero-order valence-electron chi connectivity index (χ0n) is 11.2. The Hall–Kier alpha value is -1.22. The topological polar surface area (TPSA) is 32.3 Å². The summed E-state index contributed by atoms with van der Waals surface area (Å²) < 4.78 is 0. The molecule has 1 heterocycles. The number of hydrogen-bond donors (Lipinski definition) is 1. The highest BCUT2D eigenvalue weighted by atomic mass is 35.5. The number of halogens is 1. The predicted octanol–water partition coefficient (Wildman–Crippen LogP) is 4.13. The van der Waals surface area contributed by atoms with Gasteiger partial charge in [0.1, 0.15) is 0 Å². The fourth-order valence-electron chi connectivity index (χ4n) is 2.76. The molecule has 1 unspecified atom stereocenters. The molecule has 19 heavy (non-hydrogen) atoms. The second-order valence-electron chi connectivity index (χ2n) is 5.70. The summed E-state index contributed by atoms with van der Waals surface area (Å²) in [6, 6.07) is 6.12. The highest BCUT2D eigenvalue weighted by molar-refractivity contribution is 6.20. The van der Waals surface area contributed by atoms with Gasteiger partial charge in [0.15, 0.2) is 0 Å². The van der Waals surface area contributed by atoms with Crippen LogP contribution in [0.3, 0.4) is 0 Å². The van der Waals surface area contributed by atoms with Crippen LogP contribution in [0, 0.1) is 5.92 Å². The average Bonchev–Trinajstić information content (AvgIpc) is 2.34. The molecule has 0 spiro atoms. The van der Waals surface area contributed by atoms with Gasteiger partial charge in [-0.2, -0.15) is 0 Å². The third-order valence-electron chi connectivity index (χ3n) is 4.25. The summed E-state index contributed by atoms with van der Waals surface area (Å²) in [6.07, 6.45) is 5.08. The molecule has 0 aromatic heterocycles. The van der Waals surface area contributed by atoms with Crippen LogP contribution in [-0.2, 0) is 6.54 Å². The summed E-state index contributed by atoms with van der Waals surface area (Å²) >= 11 is 6.52. The van der Waals surface area contributed by atoms with Crippen LogP contribution in [0.25, 0.3) is 0 Å². The van der Waals surface area contributed by atoms with Gasteiger partial charge in [0.2, 0.25) is 0 Å². The van der Waals surface area contributed by atoms with E-state index < -0.39 is 0 Å². The molecule has 1 saturated carbocycles. The van der Waals surface area contributed by atoms with Crippen LogP contribution < -0.4 is 5.32 Å². The number of carbonyl (C=O) groups is 1. The molecule has 1 fully saturated rings. The molecule has 0 saturated heterocycles. The van der Waals surface area contributed by atoms with E-state index in [2.05, 4.69) is 11.4 Å². The summed E-state index contributed by atoms with van der Waals surface area (Å²) in [5.41, 5.74) is 3.25. The van der Waals surface area contributed by atoms with Gasteiger partial charge in [0, 0.05) is 19.3 Å². The number of carbonyl (C=O) groups excluding carboxylic acids is 1. The van der Waals surface area contributed by atoms with E-state index in [1.165, 1.54) is 24.8 Å². The van der Waals surface area contributed by atoms with Crippen LogP contribution in [0.4, 0.5) is 10.5 Å². The maximum Gasteiger partial charge on any atom is 0.321 e. The van der Waals surface area contributed by atoms with E-state index in [0.717, 1.165) is 23.6 Å². The van der Waals surface area contributed by atoms with Crippen molar-refractivity contribution in [2.45, 2.75) is 37.6 Å². The summed E-state index contributed by atoms with van der Waals surface area (Å²) in [6.45, 7) is 0.655. The minimum absolute atomic E-state index is 0.0443. The molecule has 4 heteroatoms. The van der Waals surface area contributed by atoms with Gasteiger partial charge in [-0.05, 0) is 29.5 Å². The van der Waals surface area contributed by atoms with Gasteiger partial charge in [-0.15, -0.1) is 11.6 Å². The molecule has 1 atom stereocenters. The molecule has 102 valence electrons. The Kier molecular flexibility index (Phi) is 3.40. The van der Waals surface area contributed by atoms with Crippen LogP contribution in [0.5, 0.6) is 0 Å². The Morgan fingerprint density at radius 1 is 1.47 bits per heavy atom. The zero-order valence-corrected chi connectivity index (χ0v) is 11.9. The van der Waals surface area contributed by atoms with Gasteiger partial charge < -0.3 is 10.2 Å². The number of nitrogens with one attached hydrogen (secondary N) is 1. The zero-order chi connectivity index (χ0) is 13.4. The van der Waals surface area contributed by atoms with E-state index >= 15 is 0 Å². The maximum absolute atomic E-state index is 11.6. The van der Waals surface area contributed by atoms with Gasteiger partial charge >= 0.3 is 6.03 Å². The van der Waals surface area contributed by atoms with Crippen LogP contribution in [0.1, 0.15) is 42.2 Å². The second kappa shape index (κ2) is 5.04. The van der Waals surface area contributed by atoms with Crippen molar-refractivity contribution in [3.63, 3.8) is 0 Å². The lowest BCUT2D eigenvalue weighted by Gasteiger charge is -2.29. The smallest absolute Gasteiger partial charge is 0.321 e. The summed E-state index contributed by atoms with van der Waals surface area (Å²) in [4.78, 5) is 13.2. The summed E-state index contributed by atoms with van der Waals surface area (Å²) in [5, 5.41) is 2.98. The minimum Gasteiger partial charge on any atom is -0.323 e. The van der Waals surface area contributed by atoms with E-state index in [9.17, 15) is 4.79 Å². The number of anilines is 1. The van der Waals surface area contributed by atoms with Gasteiger partial charge in [-0.25, -0.2) is 4.79 Å². The number of hydrogen-bond acceptors (Lipinski definition) is 1. The lowest BCUT2D eigenvalue weighted by molar-refractivity contribution is 0.218. The molecular formula is C15H19ClN2O. The Morgan fingerprint density at radius 3 is 2.95 bits per heavy atom. The molecule has 1 aliphatic carbocycles. The van der Waals surface area contributed by atoms with Crippen LogP contribution in [0.15, 0.2) is 18.2 Å². The van der Waals surface area contributed by atoms with Gasteiger partial charge in [-0.1, -0.05) is 31.4 Å². The lowest BCUT2D eigenvalue weighted by atomic mass is 9.81. The van der Waals surface area contributed by atoms with E-state index in [0.29, 0.717) is 6.54 Å². The van der Waals surface area contributed by atoms with Crippen LogP contribution in [-0.4, -0.2) is 18.0 Å². The fourth-order valence-corrected chi connectivity index (χ4v) is 3.14. The Labute approximate surface area is 118 Å². The lowest BCUT2D eigenvalue weighted by Crippen LogP contribution is -2.35. The number of benzene rings is 1.